The van der Waals surface area contributed by atoms with E-state index in [0.29, 0.717) is 31.3 Å². The molecule has 1 aromatic rings. The first-order chi connectivity index (χ1) is 24.2. The van der Waals surface area contributed by atoms with E-state index >= 15 is 0 Å². The molecule has 0 bridgehead atoms. The van der Waals surface area contributed by atoms with Crippen LogP contribution in [-0.2, 0) is 38.0 Å². The number of allylic oxidation sites excluding steroid dienone is 4. The van der Waals surface area contributed by atoms with E-state index in [1.807, 2.05) is 20.8 Å². The highest BCUT2D eigenvalue weighted by Crippen LogP contribution is 2.54. The van der Waals surface area contributed by atoms with Crippen molar-refractivity contribution in [2.75, 3.05) is 21.3 Å². The van der Waals surface area contributed by atoms with E-state index < -0.39 is 24.4 Å². The number of carbonyl (C=O) groups excluding carboxylic acids is 3. The van der Waals surface area contributed by atoms with E-state index in [9.17, 15) is 14.4 Å². The number of nitrogens with one attached hydrogen (secondary N) is 1. The number of Topliss-reactive ketones (excluding diaryl/α,β-unsaturated/α-hetero) is 1. The lowest BCUT2D eigenvalue weighted by molar-refractivity contribution is -0.314. The number of hydrogen-bond donors (Lipinski definition) is 1. The highest BCUT2D eigenvalue weighted by molar-refractivity contribution is 6.00. The third kappa shape index (κ3) is 7.46. The van der Waals surface area contributed by atoms with Gasteiger partial charge < -0.3 is 33.7 Å². The molecule has 1 aromatic heterocycles. The zero-order valence-electron chi connectivity index (χ0n) is 30.1. The molecule has 1 N–H and O–H groups in total. The van der Waals surface area contributed by atoms with Gasteiger partial charge in [0.15, 0.2) is 12.1 Å². The van der Waals surface area contributed by atoms with Crippen molar-refractivity contribution < 1.29 is 42.8 Å². The standard InChI is InChI=1S/C38H53N3O9/c1-7-23-9-8-10-30(41-37(44)31-13-14-39-19-40-31)20(2)33(43)29-17-27-25(28(29)18-32(42)49-23)12-11-22-15-24(16-26(22)27)50-38-36(47-6)35(46-5)34(45-4)21(3)48-38/h11-14,17,19-28,30,34-36,38H,7-10,15-16,18H2,1-6H3,(H,41,44)/t20-,21?,22-,23+,24-,25-,26-,27-,28+,30+,34?,35?,36?,38?/m1/s1. The molecular weight excluding hydrogens is 642 g/mol. The van der Waals surface area contributed by atoms with Crippen molar-refractivity contribution in [3.05, 3.63) is 48.1 Å². The third-order valence-corrected chi connectivity index (χ3v) is 11.9. The maximum atomic E-state index is 14.5. The van der Waals surface area contributed by atoms with Crippen LogP contribution < -0.4 is 5.32 Å². The van der Waals surface area contributed by atoms with Crippen LogP contribution >= 0.6 is 0 Å². The highest BCUT2D eigenvalue weighted by atomic mass is 16.7. The van der Waals surface area contributed by atoms with Crippen LogP contribution in [-0.4, -0.2) is 97.9 Å². The van der Waals surface area contributed by atoms with Crippen molar-refractivity contribution >= 4 is 17.7 Å². The number of rotatable bonds is 8. The van der Waals surface area contributed by atoms with Crippen LogP contribution in [0.3, 0.4) is 0 Å². The van der Waals surface area contributed by atoms with Gasteiger partial charge in [-0.25, -0.2) is 9.97 Å². The summed E-state index contributed by atoms with van der Waals surface area (Å²) in [5, 5.41) is 3.10. The van der Waals surface area contributed by atoms with Gasteiger partial charge in [0.05, 0.1) is 18.6 Å². The van der Waals surface area contributed by atoms with Crippen molar-refractivity contribution in [3.8, 4) is 0 Å². The number of ketones is 1. The Bertz CT molecular complexity index is 1420. The molecular formula is C38H53N3O9. The van der Waals surface area contributed by atoms with Crippen LogP contribution in [0.15, 0.2) is 42.4 Å². The summed E-state index contributed by atoms with van der Waals surface area (Å²) in [5.74, 6) is -0.876. The molecule has 12 nitrogen and oxygen atoms in total. The molecule has 3 fully saturated rings. The molecule has 3 aliphatic carbocycles. The fourth-order valence-corrected chi connectivity index (χ4v) is 9.20. The summed E-state index contributed by atoms with van der Waals surface area (Å²) in [6, 6.07) is 1.16. The second kappa shape index (κ2) is 16.1. The molecule has 14 atom stereocenters. The fourth-order valence-electron chi connectivity index (χ4n) is 9.20. The summed E-state index contributed by atoms with van der Waals surface area (Å²) in [5.41, 5.74) is 0.928. The van der Waals surface area contributed by atoms with Crippen molar-refractivity contribution in [2.45, 2.75) is 115 Å². The quantitative estimate of drug-likeness (QED) is 0.308. The molecule has 0 spiro atoms. The van der Waals surface area contributed by atoms with Gasteiger partial charge >= 0.3 is 5.97 Å². The number of cyclic esters (lactones) is 1. The largest absolute Gasteiger partial charge is 0.462 e. The topological polar surface area (TPSA) is 144 Å². The van der Waals surface area contributed by atoms with Gasteiger partial charge in [-0.3, -0.25) is 14.4 Å². The lowest BCUT2D eigenvalue weighted by Crippen LogP contribution is -2.59. The summed E-state index contributed by atoms with van der Waals surface area (Å²) in [4.78, 5) is 49.1. The zero-order chi connectivity index (χ0) is 35.5. The maximum Gasteiger partial charge on any atom is 0.306 e. The van der Waals surface area contributed by atoms with Gasteiger partial charge in [0.1, 0.15) is 36.4 Å². The molecule has 3 heterocycles. The van der Waals surface area contributed by atoms with Crippen LogP contribution in [0.5, 0.6) is 0 Å². The molecule has 0 radical (unpaired) electrons. The summed E-state index contributed by atoms with van der Waals surface area (Å²) < 4.78 is 36.2. The predicted molar refractivity (Wildman–Crippen MR) is 182 cm³/mol. The molecule has 1 saturated carbocycles. The SMILES string of the molecule is CC[C@H]1CCC[C@H](NC(=O)c2ccncn2)[C@@H](C)C(=O)C2=C[C@@H]3[C@@H](C=C[C@@H]4C[C@@H](OC5OC(C)C(OC)C(OC)C5OC)C[C@@H]34)[C@@H]2CC(=O)O1. The minimum Gasteiger partial charge on any atom is -0.462 e. The monoisotopic (exact) mass is 695 g/mol. The smallest absolute Gasteiger partial charge is 0.306 e. The number of esters is 1. The first kappa shape index (κ1) is 36.8. The Morgan fingerprint density at radius 2 is 1.78 bits per heavy atom. The Labute approximate surface area is 295 Å². The van der Waals surface area contributed by atoms with Crippen LogP contribution in [0.2, 0.25) is 0 Å². The molecule has 2 saturated heterocycles. The van der Waals surface area contributed by atoms with E-state index in [2.05, 4.69) is 33.5 Å². The average molecular weight is 696 g/mol. The van der Waals surface area contributed by atoms with Gasteiger partial charge in [0.2, 0.25) is 0 Å². The van der Waals surface area contributed by atoms with Gasteiger partial charge in [-0.15, -0.1) is 0 Å². The van der Waals surface area contributed by atoms with Gasteiger partial charge in [-0.1, -0.05) is 32.1 Å². The first-order valence-corrected chi connectivity index (χ1v) is 18.3. The van der Waals surface area contributed by atoms with Gasteiger partial charge in [-0.2, -0.15) is 0 Å². The van der Waals surface area contributed by atoms with E-state index in [1.165, 1.54) is 12.5 Å². The van der Waals surface area contributed by atoms with Crippen molar-refractivity contribution in [3.63, 3.8) is 0 Å². The van der Waals surface area contributed by atoms with E-state index in [1.54, 1.807) is 27.4 Å². The lowest BCUT2D eigenvalue weighted by Gasteiger charge is -2.44. The maximum absolute atomic E-state index is 14.5. The minimum absolute atomic E-state index is 0.0104. The Morgan fingerprint density at radius 1 is 1.00 bits per heavy atom. The summed E-state index contributed by atoms with van der Waals surface area (Å²) in [6.45, 7) is 5.86. The molecule has 274 valence electrons. The summed E-state index contributed by atoms with van der Waals surface area (Å²) in [7, 11) is 4.92. The number of hydrogen-bond acceptors (Lipinski definition) is 11. The fraction of sp³-hybridized carbons (Fsp3) is 0.711. The second-order valence-electron chi connectivity index (χ2n) is 14.6. The Hall–Kier alpha value is -3.03. The predicted octanol–water partition coefficient (Wildman–Crippen LogP) is 4.24. The van der Waals surface area contributed by atoms with Crippen LogP contribution in [0, 0.1) is 35.5 Å². The third-order valence-electron chi connectivity index (χ3n) is 11.9. The molecule has 6 rings (SSSR count). The number of nitrogens with zero attached hydrogens (tertiary/aromatic N) is 2. The zero-order valence-corrected chi connectivity index (χ0v) is 30.1. The number of ether oxygens (including phenoxy) is 6. The molecule has 50 heavy (non-hydrogen) atoms. The van der Waals surface area contributed by atoms with Gasteiger partial charge in [-0.05, 0) is 80.8 Å². The van der Waals surface area contributed by atoms with Crippen LogP contribution in [0.1, 0.15) is 76.2 Å². The normalized spacial score (nSPS) is 40.4. The molecule has 1 amide bonds. The molecule has 5 aliphatic rings. The minimum atomic E-state index is -0.619. The van der Waals surface area contributed by atoms with Gasteiger partial charge in [0.25, 0.3) is 5.91 Å². The van der Waals surface area contributed by atoms with Crippen molar-refractivity contribution in [1.29, 1.82) is 0 Å². The molecule has 2 aliphatic heterocycles. The van der Waals surface area contributed by atoms with E-state index in [-0.39, 0.29) is 89.9 Å². The summed E-state index contributed by atoms with van der Waals surface area (Å²) in [6.07, 6.45) is 11.6. The number of carbonyl (C=O) groups is 3. The molecule has 0 aromatic carbocycles. The van der Waals surface area contributed by atoms with Gasteiger partial charge in [0, 0.05) is 45.4 Å². The average Bonchev–Trinajstić information content (AvgIpc) is 3.70. The molecule has 12 heteroatoms. The van der Waals surface area contributed by atoms with Crippen LogP contribution in [0.4, 0.5) is 0 Å². The Kier molecular flexibility index (Phi) is 11.8. The first-order valence-electron chi connectivity index (χ1n) is 18.3. The number of methoxy groups -OCH3 is 3. The Balaban J connectivity index is 1.23. The number of fused-ring (bicyclic) bond motifs is 5. The Morgan fingerprint density at radius 3 is 2.48 bits per heavy atom. The van der Waals surface area contributed by atoms with E-state index in [4.69, 9.17) is 28.4 Å². The molecule has 5 unspecified atom stereocenters. The van der Waals surface area contributed by atoms with Crippen molar-refractivity contribution in [2.24, 2.45) is 35.5 Å². The summed E-state index contributed by atoms with van der Waals surface area (Å²) >= 11 is 0. The highest BCUT2D eigenvalue weighted by Gasteiger charge is 2.52. The lowest BCUT2D eigenvalue weighted by atomic mass is 9.70. The number of aromatic nitrogens is 2. The van der Waals surface area contributed by atoms with Crippen LogP contribution in [0.25, 0.3) is 0 Å². The number of amides is 1. The second-order valence-corrected chi connectivity index (χ2v) is 14.6. The van der Waals surface area contributed by atoms with Crippen molar-refractivity contribution in [1.82, 2.24) is 15.3 Å². The van der Waals surface area contributed by atoms with E-state index in [0.717, 1.165) is 12.8 Å².